The van der Waals surface area contributed by atoms with Gasteiger partial charge >= 0.3 is 0 Å². The van der Waals surface area contributed by atoms with Crippen LogP contribution in [0.15, 0.2) is 48.8 Å². The summed E-state index contributed by atoms with van der Waals surface area (Å²) in [5, 5.41) is 4.79. The number of hydrogen-bond donors (Lipinski definition) is 1. The summed E-state index contributed by atoms with van der Waals surface area (Å²) in [6.45, 7) is 0.660. The van der Waals surface area contributed by atoms with E-state index in [1.165, 1.54) is 11.3 Å². The second-order valence-corrected chi connectivity index (χ2v) is 6.06. The van der Waals surface area contributed by atoms with E-state index in [2.05, 4.69) is 15.0 Å². The summed E-state index contributed by atoms with van der Waals surface area (Å²) in [7, 11) is 0. The summed E-state index contributed by atoms with van der Waals surface area (Å²) >= 11 is 1.50. The summed E-state index contributed by atoms with van der Waals surface area (Å²) in [6, 6.07) is 11.3. The molecule has 0 aliphatic heterocycles. The summed E-state index contributed by atoms with van der Waals surface area (Å²) in [6.07, 6.45) is 3.81. The van der Waals surface area contributed by atoms with Crippen LogP contribution in [-0.2, 0) is 27.4 Å². The molecule has 0 unspecified atom stereocenters. The number of fused-ring (bicyclic) bond motifs is 1. The van der Waals surface area contributed by atoms with E-state index in [-0.39, 0.29) is 12.5 Å². The van der Waals surface area contributed by atoms with E-state index in [0.717, 1.165) is 26.2 Å². The lowest BCUT2D eigenvalue weighted by molar-refractivity contribution is -0.129. The molecule has 2 aromatic heterocycles. The molecule has 0 aliphatic carbocycles. The summed E-state index contributed by atoms with van der Waals surface area (Å²) in [5.41, 5.74) is 1.79. The highest BCUT2D eigenvalue weighted by Gasteiger charge is 2.07. The maximum absolute atomic E-state index is 12.1. The van der Waals surface area contributed by atoms with E-state index in [9.17, 15) is 9.59 Å². The average molecular weight is 326 g/mol. The lowest BCUT2D eigenvalue weighted by atomic mass is 10.1. The fourth-order valence-electron chi connectivity index (χ4n) is 2.20. The number of benzene rings is 1. The molecule has 0 saturated heterocycles. The van der Waals surface area contributed by atoms with Crippen molar-refractivity contribution in [3.63, 3.8) is 0 Å². The molecule has 116 valence electrons. The fraction of sp³-hybridized carbons (Fsp3) is 0.118. The van der Waals surface area contributed by atoms with Crippen molar-refractivity contribution in [2.24, 2.45) is 0 Å². The average Bonchev–Trinajstić information content (AvgIpc) is 2.96. The molecule has 3 aromatic rings. The van der Waals surface area contributed by atoms with Crippen molar-refractivity contribution in [3.05, 3.63) is 59.9 Å². The third-order valence-electron chi connectivity index (χ3n) is 3.29. The lowest BCUT2D eigenvalue weighted by Crippen LogP contribution is -2.13. The van der Waals surface area contributed by atoms with Gasteiger partial charge in [-0.15, -0.1) is 11.3 Å². The van der Waals surface area contributed by atoms with Crippen LogP contribution in [0.2, 0.25) is 0 Å². The SMILES string of the molecule is O=COCc1ccc(CC(=O)Nc2cc3ccncc3s2)cc1. The van der Waals surface area contributed by atoms with E-state index in [1.807, 2.05) is 36.4 Å². The number of thiophene rings is 1. The van der Waals surface area contributed by atoms with E-state index in [1.54, 1.807) is 12.4 Å². The molecule has 0 aliphatic rings. The third kappa shape index (κ3) is 3.92. The Morgan fingerprint density at radius 2 is 2.00 bits per heavy atom. The Labute approximate surface area is 136 Å². The first-order valence-corrected chi connectivity index (χ1v) is 7.83. The van der Waals surface area contributed by atoms with E-state index < -0.39 is 0 Å². The lowest BCUT2D eigenvalue weighted by Gasteiger charge is -2.04. The van der Waals surface area contributed by atoms with Gasteiger partial charge in [-0.25, -0.2) is 0 Å². The minimum absolute atomic E-state index is 0.0681. The number of ether oxygens (including phenoxy) is 1. The highest BCUT2D eigenvalue weighted by molar-refractivity contribution is 7.22. The number of pyridine rings is 1. The Kier molecular flexibility index (Phi) is 4.63. The second kappa shape index (κ2) is 7.02. The van der Waals surface area contributed by atoms with E-state index in [4.69, 9.17) is 0 Å². The van der Waals surface area contributed by atoms with Crippen LogP contribution < -0.4 is 5.32 Å². The summed E-state index contributed by atoms with van der Waals surface area (Å²) in [5.74, 6) is -0.0681. The first-order valence-electron chi connectivity index (χ1n) is 7.01. The molecule has 5 nitrogen and oxygen atoms in total. The van der Waals surface area contributed by atoms with Crippen molar-refractivity contribution in [2.45, 2.75) is 13.0 Å². The number of carbonyl (C=O) groups is 2. The van der Waals surface area contributed by atoms with Gasteiger partial charge < -0.3 is 10.1 Å². The standard InChI is InChI=1S/C17H14N2O3S/c20-11-22-10-13-3-1-12(2-4-13)7-16(21)19-17-8-14-5-6-18-9-15(14)23-17/h1-6,8-9,11H,7,10H2,(H,19,21). The molecule has 23 heavy (non-hydrogen) atoms. The van der Waals surface area contributed by atoms with Crippen LogP contribution in [-0.4, -0.2) is 17.4 Å². The summed E-state index contributed by atoms with van der Waals surface area (Å²) < 4.78 is 5.73. The van der Waals surface area contributed by atoms with Gasteiger partial charge in [0, 0.05) is 12.4 Å². The van der Waals surface area contributed by atoms with Crippen molar-refractivity contribution in [1.82, 2.24) is 4.98 Å². The van der Waals surface area contributed by atoms with Crippen molar-refractivity contribution in [3.8, 4) is 0 Å². The maximum atomic E-state index is 12.1. The van der Waals surface area contributed by atoms with Gasteiger partial charge in [0.05, 0.1) is 16.1 Å². The zero-order valence-electron chi connectivity index (χ0n) is 12.2. The Morgan fingerprint density at radius 1 is 1.22 bits per heavy atom. The molecule has 0 atom stereocenters. The normalized spacial score (nSPS) is 10.4. The molecule has 0 spiro atoms. The minimum Gasteiger partial charge on any atom is -0.463 e. The zero-order chi connectivity index (χ0) is 16.1. The van der Waals surface area contributed by atoms with Crippen LogP contribution in [0.5, 0.6) is 0 Å². The van der Waals surface area contributed by atoms with Crippen LogP contribution in [0.1, 0.15) is 11.1 Å². The van der Waals surface area contributed by atoms with Crippen LogP contribution in [0.3, 0.4) is 0 Å². The van der Waals surface area contributed by atoms with Crippen molar-refractivity contribution >= 4 is 38.8 Å². The summed E-state index contributed by atoms with van der Waals surface area (Å²) in [4.78, 5) is 26.3. The third-order valence-corrected chi connectivity index (χ3v) is 4.29. The van der Waals surface area contributed by atoms with Gasteiger partial charge in [-0.1, -0.05) is 24.3 Å². The molecule has 2 heterocycles. The molecule has 6 heteroatoms. The number of anilines is 1. The number of amides is 1. The molecule has 3 rings (SSSR count). The quantitative estimate of drug-likeness (QED) is 0.707. The molecular weight excluding hydrogens is 312 g/mol. The van der Waals surface area contributed by atoms with E-state index in [0.29, 0.717) is 12.9 Å². The predicted octanol–water partition coefficient (Wildman–Crippen LogP) is 3.15. The highest BCUT2D eigenvalue weighted by atomic mass is 32.1. The Bertz CT molecular complexity index is 794. The monoisotopic (exact) mass is 326 g/mol. The van der Waals surface area contributed by atoms with Gasteiger partial charge in [-0.3, -0.25) is 14.6 Å². The number of carbonyl (C=O) groups excluding carboxylic acids is 2. The fourth-order valence-corrected chi connectivity index (χ4v) is 3.14. The topological polar surface area (TPSA) is 68.3 Å². The molecular formula is C17H14N2O3S. The molecule has 1 amide bonds. The number of aromatic nitrogens is 1. The molecule has 0 fully saturated rings. The smallest absolute Gasteiger partial charge is 0.293 e. The van der Waals surface area contributed by atoms with Crippen molar-refractivity contribution < 1.29 is 14.3 Å². The molecule has 0 radical (unpaired) electrons. The number of nitrogens with zero attached hydrogens (tertiary/aromatic N) is 1. The second-order valence-electron chi connectivity index (χ2n) is 4.97. The van der Waals surface area contributed by atoms with Gasteiger partial charge in [-0.05, 0) is 28.6 Å². The van der Waals surface area contributed by atoms with Gasteiger partial charge in [0.15, 0.2) is 0 Å². The van der Waals surface area contributed by atoms with Crippen LogP contribution in [0.25, 0.3) is 10.1 Å². The van der Waals surface area contributed by atoms with Crippen LogP contribution in [0, 0.1) is 0 Å². The first-order chi connectivity index (χ1) is 11.2. The maximum Gasteiger partial charge on any atom is 0.293 e. The van der Waals surface area contributed by atoms with Gasteiger partial charge in [-0.2, -0.15) is 0 Å². The minimum atomic E-state index is -0.0681. The van der Waals surface area contributed by atoms with Gasteiger partial charge in [0.1, 0.15) is 6.61 Å². The Morgan fingerprint density at radius 3 is 2.74 bits per heavy atom. The van der Waals surface area contributed by atoms with E-state index >= 15 is 0 Å². The Balaban J connectivity index is 1.61. The number of hydrogen-bond acceptors (Lipinski definition) is 5. The number of rotatable bonds is 6. The molecule has 0 saturated carbocycles. The van der Waals surface area contributed by atoms with Crippen LogP contribution in [0.4, 0.5) is 5.00 Å². The van der Waals surface area contributed by atoms with Gasteiger partial charge in [0.2, 0.25) is 5.91 Å². The molecule has 1 aromatic carbocycles. The largest absolute Gasteiger partial charge is 0.463 e. The van der Waals surface area contributed by atoms with Crippen molar-refractivity contribution in [2.75, 3.05) is 5.32 Å². The predicted molar refractivity (Wildman–Crippen MR) is 89.2 cm³/mol. The van der Waals surface area contributed by atoms with Crippen LogP contribution >= 0.6 is 11.3 Å². The zero-order valence-corrected chi connectivity index (χ0v) is 13.0. The number of nitrogens with one attached hydrogen (secondary N) is 1. The molecule has 1 N–H and O–H groups in total. The van der Waals surface area contributed by atoms with Crippen molar-refractivity contribution in [1.29, 1.82) is 0 Å². The first kappa shape index (κ1) is 15.2. The Hall–Kier alpha value is -2.73. The highest BCUT2D eigenvalue weighted by Crippen LogP contribution is 2.28. The molecule has 0 bridgehead atoms. The van der Waals surface area contributed by atoms with Gasteiger partial charge in [0.25, 0.3) is 6.47 Å².